The number of hydrogen-bond acceptors (Lipinski definition) is 3. The highest BCUT2D eigenvalue weighted by atomic mass is 16.5. The Morgan fingerprint density at radius 2 is 1.58 bits per heavy atom. The van der Waals surface area contributed by atoms with Crippen LogP contribution in [0, 0.1) is 13.8 Å². The van der Waals surface area contributed by atoms with Crippen LogP contribution in [-0.2, 0) is 4.79 Å². The quantitative estimate of drug-likeness (QED) is 0.753. The lowest BCUT2D eigenvalue weighted by Crippen LogP contribution is -2.39. The first-order valence-electron chi connectivity index (χ1n) is 8.30. The van der Waals surface area contributed by atoms with E-state index in [2.05, 4.69) is 5.32 Å². The Kier molecular flexibility index (Phi) is 6.67. The van der Waals surface area contributed by atoms with Gasteiger partial charge in [0, 0.05) is 0 Å². The summed E-state index contributed by atoms with van der Waals surface area (Å²) < 4.78 is 11.5. The van der Waals surface area contributed by atoms with E-state index in [4.69, 9.17) is 9.47 Å². The zero-order valence-electron chi connectivity index (χ0n) is 14.5. The molecule has 24 heavy (non-hydrogen) atoms. The lowest BCUT2D eigenvalue weighted by molar-refractivity contribution is -0.128. The second-order valence-corrected chi connectivity index (χ2v) is 5.69. The second-order valence-electron chi connectivity index (χ2n) is 5.69. The van der Waals surface area contributed by atoms with Gasteiger partial charge in [-0.05, 0) is 43.5 Å². The first-order valence-corrected chi connectivity index (χ1v) is 8.30. The van der Waals surface area contributed by atoms with Gasteiger partial charge < -0.3 is 14.8 Å². The van der Waals surface area contributed by atoms with Crippen LogP contribution in [0.3, 0.4) is 0 Å². The number of hydrogen-bond donors (Lipinski definition) is 1. The molecule has 2 aromatic carbocycles. The van der Waals surface area contributed by atoms with E-state index in [1.54, 1.807) is 0 Å². The third-order valence-corrected chi connectivity index (χ3v) is 3.78. The molecule has 0 aliphatic carbocycles. The van der Waals surface area contributed by atoms with Crippen molar-refractivity contribution in [2.45, 2.75) is 33.3 Å². The van der Waals surface area contributed by atoms with E-state index in [-0.39, 0.29) is 5.91 Å². The van der Waals surface area contributed by atoms with Crippen LogP contribution < -0.4 is 14.8 Å². The third kappa shape index (κ3) is 5.01. The summed E-state index contributed by atoms with van der Waals surface area (Å²) in [5.41, 5.74) is 2.10. The summed E-state index contributed by atoms with van der Waals surface area (Å²) >= 11 is 0. The van der Waals surface area contributed by atoms with Crippen molar-refractivity contribution >= 4 is 5.91 Å². The summed E-state index contributed by atoms with van der Waals surface area (Å²) in [6.07, 6.45) is 0.114. The second kappa shape index (κ2) is 8.96. The molecule has 128 valence electrons. The van der Waals surface area contributed by atoms with Crippen molar-refractivity contribution in [3.63, 3.8) is 0 Å². The molecule has 1 amide bonds. The predicted octanol–water partition coefficient (Wildman–Crippen LogP) is 3.66. The topological polar surface area (TPSA) is 47.6 Å². The van der Waals surface area contributed by atoms with E-state index in [0.29, 0.717) is 19.6 Å². The highest BCUT2D eigenvalue weighted by Gasteiger charge is 2.18. The minimum Gasteiger partial charge on any atom is -0.491 e. The molecule has 0 saturated heterocycles. The number of nitrogens with one attached hydrogen (secondary N) is 1. The lowest BCUT2D eigenvalue weighted by Gasteiger charge is -2.18. The molecule has 0 fully saturated rings. The average Bonchev–Trinajstić information content (AvgIpc) is 2.59. The van der Waals surface area contributed by atoms with Crippen molar-refractivity contribution in [2.24, 2.45) is 0 Å². The largest absolute Gasteiger partial charge is 0.491 e. The predicted molar refractivity (Wildman–Crippen MR) is 95.6 cm³/mol. The zero-order valence-corrected chi connectivity index (χ0v) is 14.5. The van der Waals surface area contributed by atoms with Crippen LogP contribution in [0.25, 0.3) is 0 Å². The average molecular weight is 327 g/mol. The molecule has 0 bridgehead atoms. The molecule has 0 saturated carbocycles. The summed E-state index contributed by atoms with van der Waals surface area (Å²) in [6.45, 7) is 6.78. The van der Waals surface area contributed by atoms with Crippen molar-refractivity contribution in [2.75, 3.05) is 13.2 Å². The molecular weight excluding hydrogens is 302 g/mol. The van der Waals surface area contributed by atoms with Crippen molar-refractivity contribution < 1.29 is 14.3 Å². The number of para-hydroxylation sites is 2. The number of aryl methyl sites for hydroxylation is 2. The summed E-state index contributed by atoms with van der Waals surface area (Å²) in [5.74, 6) is 1.47. The van der Waals surface area contributed by atoms with Crippen molar-refractivity contribution in [1.82, 2.24) is 5.32 Å². The van der Waals surface area contributed by atoms with Crippen LogP contribution in [0.2, 0.25) is 0 Å². The number of rotatable bonds is 8. The number of carbonyl (C=O) groups is 1. The van der Waals surface area contributed by atoms with Crippen LogP contribution in [0.1, 0.15) is 24.5 Å². The Balaban J connectivity index is 1.80. The van der Waals surface area contributed by atoms with Gasteiger partial charge >= 0.3 is 0 Å². The standard InChI is InChI=1S/C20H25NO3/c1-4-17(24-19-12-8-6-10-16(19)3)20(22)21-13-14-23-18-11-7-5-9-15(18)2/h5-12,17H,4,13-14H2,1-3H3,(H,21,22)/t17-/m1/s1. The van der Waals surface area contributed by atoms with Crippen LogP contribution in [0.15, 0.2) is 48.5 Å². The Bertz CT molecular complexity index is 669. The summed E-state index contributed by atoms with van der Waals surface area (Å²) in [4.78, 5) is 12.3. The third-order valence-electron chi connectivity index (χ3n) is 3.78. The fraction of sp³-hybridized carbons (Fsp3) is 0.350. The van der Waals surface area contributed by atoms with Crippen molar-refractivity contribution in [1.29, 1.82) is 0 Å². The first-order chi connectivity index (χ1) is 11.6. The summed E-state index contributed by atoms with van der Waals surface area (Å²) in [6, 6.07) is 15.5. The Morgan fingerprint density at radius 1 is 1.00 bits per heavy atom. The number of carbonyl (C=O) groups excluding carboxylic acids is 1. The molecule has 0 unspecified atom stereocenters. The van der Waals surface area contributed by atoms with E-state index in [0.717, 1.165) is 22.6 Å². The molecule has 1 atom stereocenters. The van der Waals surface area contributed by atoms with E-state index < -0.39 is 6.10 Å². The fourth-order valence-electron chi connectivity index (χ4n) is 2.33. The van der Waals surface area contributed by atoms with Crippen molar-refractivity contribution in [3.8, 4) is 11.5 Å². The van der Waals surface area contributed by atoms with Crippen LogP contribution in [-0.4, -0.2) is 25.2 Å². The maximum atomic E-state index is 12.3. The molecule has 4 heteroatoms. The van der Waals surface area contributed by atoms with Crippen LogP contribution in [0.4, 0.5) is 0 Å². The van der Waals surface area contributed by atoms with Gasteiger partial charge in [0.15, 0.2) is 6.10 Å². The highest BCUT2D eigenvalue weighted by Crippen LogP contribution is 2.19. The maximum Gasteiger partial charge on any atom is 0.261 e. The minimum absolute atomic E-state index is 0.117. The molecule has 0 aliphatic rings. The van der Waals surface area contributed by atoms with Crippen molar-refractivity contribution in [3.05, 3.63) is 59.7 Å². The molecule has 4 nitrogen and oxygen atoms in total. The van der Waals surface area contributed by atoms with Gasteiger partial charge in [-0.25, -0.2) is 0 Å². The van der Waals surface area contributed by atoms with E-state index >= 15 is 0 Å². The van der Waals surface area contributed by atoms with E-state index in [1.807, 2.05) is 69.3 Å². The highest BCUT2D eigenvalue weighted by molar-refractivity contribution is 5.81. The molecule has 0 aliphatic heterocycles. The molecular formula is C20H25NO3. The van der Waals surface area contributed by atoms with Gasteiger partial charge in [-0.15, -0.1) is 0 Å². The first kappa shape index (κ1) is 17.9. The van der Waals surface area contributed by atoms with Gasteiger partial charge in [0.1, 0.15) is 18.1 Å². The molecule has 2 rings (SSSR count). The van der Waals surface area contributed by atoms with Crippen LogP contribution in [0.5, 0.6) is 11.5 Å². The molecule has 2 aromatic rings. The van der Waals surface area contributed by atoms with E-state index in [1.165, 1.54) is 0 Å². The Labute approximate surface area is 143 Å². The molecule has 0 spiro atoms. The molecule has 0 aromatic heterocycles. The normalized spacial score (nSPS) is 11.6. The van der Waals surface area contributed by atoms with Gasteiger partial charge in [0.05, 0.1) is 6.54 Å². The minimum atomic E-state index is -0.496. The lowest BCUT2D eigenvalue weighted by atomic mass is 10.2. The van der Waals surface area contributed by atoms with Gasteiger partial charge in [-0.2, -0.15) is 0 Å². The summed E-state index contributed by atoms with van der Waals surface area (Å²) in [5, 5.41) is 2.87. The van der Waals surface area contributed by atoms with Gasteiger partial charge in [0.25, 0.3) is 5.91 Å². The number of ether oxygens (including phenoxy) is 2. The zero-order chi connectivity index (χ0) is 17.4. The maximum absolute atomic E-state index is 12.3. The molecule has 0 heterocycles. The van der Waals surface area contributed by atoms with Crippen LogP contribution >= 0.6 is 0 Å². The number of amides is 1. The van der Waals surface area contributed by atoms with Gasteiger partial charge in [0.2, 0.25) is 0 Å². The van der Waals surface area contributed by atoms with E-state index in [9.17, 15) is 4.79 Å². The molecule has 0 radical (unpaired) electrons. The smallest absolute Gasteiger partial charge is 0.261 e. The number of benzene rings is 2. The van der Waals surface area contributed by atoms with Gasteiger partial charge in [-0.3, -0.25) is 4.79 Å². The Morgan fingerprint density at radius 3 is 2.17 bits per heavy atom. The SMILES string of the molecule is CC[C@@H](Oc1ccccc1C)C(=O)NCCOc1ccccc1C. The Hall–Kier alpha value is -2.49. The fourth-order valence-corrected chi connectivity index (χ4v) is 2.33. The molecule has 1 N–H and O–H groups in total. The summed E-state index contributed by atoms with van der Waals surface area (Å²) in [7, 11) is 0. The monoisotopic (exact) mass is 327 g/mol. The van der Waals surface area contributed by atoms with Gasteiger partial charge in [-0.1, -0.05) is 43.3 Å².